The molecule has 0 bridgehead atoms. The summed E-state index contributed by atoms with van der Waals surface area (Å²) in [5.74, 6) is 0.353. The molecule has 0 atom stereocenters. The van der Waals surface area contributed by atoms with E-state index in [1.54, 1.807) is 6.07 Å². The molecule has 0 radical (unpaired) electrons. The summed E-state index contributed by atoms with van der Waals surface area (Å²) in [5, 5.41) is 3.96. The molecular weight excluding hydrogens is 270 g/mol. The number of methoxy groups -OCH3 is 1. The molecule has 6 heteroatoms. The molecule has 0 aliphatic carbocycles. The predicted molar refractivity (Wildman–Crippen MR) is 78.6 cm³/mol. The first kappa shape index (κ1) is 15.1. The maximum atomic E-state index is 11.9. The maximum absolute atomic E-state index is 11.9. The Morgan fingerprint density at radius 1 is 1.43 bits per heavy atom. The van der Waals surface area contributed by atoms with E-state index in [2.05, 4.69) is 5.16 Å². The van der Waals surface area contributed by atoms with Gasteiger partial charge in [-0.05, 0) is 25.6 Å². The average molecular weight is 289 g/mol. The molecule has 0 aliphatic rings. The summed E-state index contributed by atoms with van der Waals surface area (Å²) in [6, 6.07) is 7.27. The SMILES string of the molecule is COC(=O)c1c(N)cccc1CN(C)Cc1cc(C)on1. The Bertz CT molecular complexity index is 637. The van der Waals surface area contributed by atoms with Gasteiger partial charge in [-0.3, -0.25) is 4.90 Å². The number of nitrogens with zero attached hydrogens (tertiary/aromatic N) is 2. The zero-order valence-corrected chi connectivity index (χ0v) is 12.4. The molecular formula is C15H19N3O3. The number of rotatable bonds is 5. The normalized spacial score (nSPS) is 10.9. The molecule has 2 aromatic rings. The molecule has 6 nitrogen and oxygen atoms in total. The minimum absolute atomic E-state index is 0.420. The lowest BCUT2D eigenvalue weighted by Crippen LogP contribution is -2.20. The summed E-state index contributed by atoms with van der Waals surface area (Å²) in [7, 11) is 3.29. The van der Waals surface area contributed by atoms with E-state index < -0.39 is 5.97 Å². The van der Waals surface area contributed by atoms with Crippen LogP contribution in [0.3, 0.4) is 0 Å². The Labute approximate surface area is 123 Å². The van der Waals surface area contributed by atoms with Gasteiger partial charge in [0.25, 0.3) is 0 Å². The maximum Gasteiger partial charge on any atom is 0.340 e. The van der Waals surface area contributed by atoms with Crippen molar-refractivity contribution < 1.29 is 14.1 Å². The second kappa shape index (κ2) is 6.41. The third kappa shape index (κ3) is 3.61. The Balaban J connectivity index is 2.15. The minimum atomic E-state index is -0.422. The van der Waals surface area contributed by atoms with Gasteiger partial charge in [0.15, 0.2) is 0 Å². The topological polar surface area (TPSA) is 81.6 Å². The fraction of sp³-hybridized carbons (Fsp3) is 0.333. The molecule has 0 spiro atoms. The number of carbonyl (C=O) groups is 1. The highest BCUT2D eigenvalue weighted by Gasteiger charge is 2.16. The van der Waals surface area contributed by atoms with Crippen LogP contribution in [0.1, 0.15) is 27.4 Å². The number of esters is 1. The summed E-state index contributed by atoms with van der Waals surface area (Å²) < 4.78 is 9.84. The van der Waals surface area contributed by atoms with Gasteiger partial charge in [0.05, 0.1) is 18.4 Å². The van der Waals surface area contributed by atoms with Crippen LogP contribution < -0.4 is 5.73 Å². The van der Waals surface area contributed by atoms with Gasteiger partial charge in [0, 0.05) is 24.8 Å². The van der Waals surface area contributed by atoms with Crippen molar-refractivity contribution in [1.29, 1.82) is 0 Å². The van der Waals surface area contributed by atoms with Crippen LogP contribution >= 0.6 is 0 Å². The van der Waals surface area contributed by atoms with Gasteiger partial charge < -0.3 is 15.0 Å². The molecule has 112 valence electrons. The summed E-state index contributed by atoms with van der Waals surface area (Å²) in [6.45, 7) is 3.03. The second-order valence-electron chi connectivity index (χ2n) is 4.97. The highest BCUT2D eigenvalue weighted by Crippen LogP contribution is 2.20. The molecule has 1 heterocycles. The van der Waals surface area contributed by atoms with E-state index in [0.29, 0.717) is 24.3 Å². The molecule has 1 aromatic heterocycles. The van der Waals surface area contributed by atoms with Crippen LogP contribution in [0.2, 0.25) is 0 Å². The van der Waals surface area contributed by atoms with Crippen molar-refractivity contribution in [2.75, 3.05) is 19.9 Å². The van der Waals surface area contributed by atoms with E-state index >= 15 is 0 Å². The van der Waals surface area contributed by atoms with Crippen molar-refractivity contribution in [3.05, 3.63) is 46.8 Å². The molecule has 1 aromatic carbocycles. The van der Waals surface area contributed by atoms with Crippen molar-refractivity contribution >= 4 is 11.7 Å². The van der Waals surface area contributed by atoms with Crippen LogP contribution in [-0.2, 0) is 17.8 Å². The zero-order valence-electron chi connectivity index (χ0n) is 12.4. The summed E-state index contributed by atoms with van der Waals surface area (Å²) >= 11 is 0. The zero-order chi connectivity index (χ0) is 15.4. The summed E-state index contributed by atoms with van der Waals surface area (Å²) in [6.07, 6.45) is 0. The fourth-order valence-electron chi connectivity index (χ4n) is 2.22. The first-order valence-corrected chi connectivity index (χ1v) is 6.57. The number of aromatic nitrogens is 1. The Morgan fingerprint density at radius 3 is 2.81 bits per heavy atom. The Kier molecular flexibility index (Phi) is 4.59. The number of hydrogen-bond acceptors (Lipinski definition) is 6. The van der Waals surface area contributed by atoms with Crippen LogP contribution in [0.5, 0.6) is 0 Å². The molecule has 0 amide bonds. The van der Waals surface area contributed by atoms with Crippen molar-refractivity contribution in [1.82, 2.24) is 10.1 Å². The number of nitrogen functional groups attached to an aromatic ring is 1. The van der Waals surface area contributed by atoms with Gasteiger partial charge in [-0.15, -0.1) is 0 Å². The minimum Gasteiger partial charge on any atom is -0.465 e. The van der Waals surface area contributed by atoms with Crippen molar-refractivity contribution in [3.63, 3.8) is 0 Å². The van der Waals surface area contributed by atoms with Gasteiger partial charge in [0.2, 0.25) is 0 Å². The van der Waals surface area contributed by atoms with Crippen LogP contribution in [0.4, 0.5) is 5.69 Å². The number of nitrogens with two attached hydrogens (primary N) is 1. The molecule has 0 saturated heterocycles. The van der Waals surface area contributed by atoms with E-state index in [9.17, 15) is 4.79 Å². The largest absolute Gasteiger partial charge is 0.465 e. The van der Waals surface area contributed by atoms with Crippen molar-refractivity contribution in [2.45, 2.75) is 20.0 Å². The van der Waals surface area contributed by atoms with Crippen LogP contribution in [0, 0.1) is 6.92 Å². The number of aryl methyl sites for hydroxylation is 1. The Morgan fingerprint density at radius 2 is 2.19 bits per heavy atom. The third-order valence-corrected chi connectivity index (χ3v) is 3.12. The lowest BCUT2D eigenvalue weighted by atomic mass is 10.0. The predicted octanol–water partition coefficient (Wildman–Crippen LogP) is 1.98. The number of hydrogen-bond donors (Lipinski definition) is 1. The first-order chi connectivity index (χ1) is 10.0. The fourth-order valence-corrected chi connectivity index (χ4v) is 2.22. The van der Waals surface area contributed by atoms with Crippen LogP contribution in [0.15, 0.2) is 28.8 Å². The standard InChI is InChI=1S/C15H19N3O3/c1-10-7-12(17-21-10)9-18(2)8-11-5-4-6-13(16)14(11)15(19)20-3/h4-7H,8-9,16H2,1-3H3. The highest BCUT2D eigenvalue weighted by molar-refractivity contribution is 5.96. The molecule has 0 saturated carbocycles. The average Bonchev–Trinajstić information content (AvgIpc) is 2.83. The van der Waals surface area contributed by atoms with Gasteiger partial charge in [-0.25, -0.2) is 4.79 Å². The van der Waals surface area contributed by atoms with E-state index in [4.69, 9.17) is 15.0 Å². The van der Waals surface area contributed by atoms with Gasteiger partial charge in [-0.2, -0.15) is 0 Å². The number of benzene rings is 1. The molecule has 2 N–H and O–H groups in total. The van der Waals surface area contributed by atoms with Crippen molar-refractivity contribution in [3.8, 4) is 0 Å². The highest BCUT2D eigenvalue weighted by atomic mass is 16.5. The second-order valence-corrected chi connectivity index (χ2v) is 4.97. The quantitative estimate of drug-likeness (QED) is 0.669. The summed E-state index contributed by atoms with van der Waals surface area (Å²) in [4.78, 5) is 13.9. The van der Waals surface area contributed by atoms with Crippen LogP contribution in [0.25, 0.3) is 0 Å². The molecule has 0 fully saturated rings. The lowest BCUT2D eigenvalue weighted by molar-refractivity contribution is 0.0599. The van der Waals surface area contributed by atoms with Crippen molar-refractivity contribution in [2.24, 2.45) is 0 Å². The van der Waals surface area contributed by atoms with E-state index in [1.165, 1.54) is 7.11 Å². The molecule has 0 aliphatic heterocycles. The van der Waals surface area contributed by atoms with Gasteiger partial charge >= 0.3 is 5.97 Å². The monoisotopic (exact) mass is 289 g/mol. The smallest absolute Gasteiger partial charge is 0.340 e. The molecule has 21 heavy (non-hydrogen) atoms. The van der Waals surface area contributed by atoms with E-state index in [1.807, 2.05) is 37.1 Å². The molecule has 0 unspecified atom stereocenters. The first-order valence-electron chi connectivity index (χ1n) is 6.57. The number of carbonyl (C=O) groups excluding carboxylic acids is 1. The van der Waals surface area contributed by atoms with E-state index in [0.717, 1.165) is 17.0 Å². The van der Waals surface area contributed by atoms with E-state index in [-0.39, 0.29) is 0 Å². The molecule has 2 rings (SSSR count). The van der Waals surface area contributed by atoms with Gasteiger partial charge in [0.1, 0.15) is 5.76 Å². The van der Waals surface area contributed by atoms with Gasteiger partial charge in [-0.1, -0.05) is 17.3 Å². The number of ether oxygens (including phenoxy) is 1. The Hall–Kier alpha value is -2.34. The lowest BCUT2D eigenvalue weighted by Gasteiger charge is -2.17. The third-order valence-electron chi connectivity index (χ3n) is 3.12. The van der Waals surface area contributed by atoms with Crippen LogP contribution in [-0.4, -0.2) is 30.2 Å². The summed E-state index contributed by atoms with van der Waals surface area (Å²) in [5.41, 5.74) is 8.39. The number of anilines is 1.